The summed E-state index contributed by atoms with van der Waals surface area (Å²) in [5, 5.41) is 3.12. The maximum atomic E-state index is 12.4. The van der Waals surface area contributed by atoms with E-state index in [1.54, 1.807) is 0 Å². The first-order valence-corrected chi connectivity index (χ1v) is 9.00. The smallest absolute Gasteiger partial charge is 0.251 e. The van der Waals surface area contributed by atoms with Gasteiger partial charge in [0.05, 0.1) is 6.04 Å². The van der Waals surface area contributed by atoms with Crippen LogP contribution in [-0.2, 0) is 0 Å². The summed E-state index contributed by atoms with van der Waals surface area (Å²) in [4.78, 5) is 17.0. The molecule has 1 unspecified atom stereocenters. The molecule has 1 fully saturated rings. The number of hydrogen-bond acceptors (Lipinski definition) is 3. The maximum absolute atomic E-state index is 12.4. The Balaban J connectivity index is 1.72. The maximum Gasteiger partial charge on any atom is 0.251 e. The van der Waals surface area contributed by atoms with E-state index in [2.05, 4.69) is 39.4 Å². The molecule has 4 heteroatoms. The van der Waals surface area contributed by atoms with Crippen molar-refractivity contribution in [2.45, 2.75) is 18.9 Å². The predicted octanol–water partition coefficient (Wildman–Crippen LogP) is 3.32. The highest BCUT2D eigenvalue weighted by atomic mass is 16.1. The van der Waals surface area contributed by atoms with Crippen molar-refractivity contribution >= 4 is 11.6 Å². The lowest BCUT2D eigenvalue weighted by Crippen LogP contribution is -2.36. The average Bonchev–Trinajstić information content (AvgIpc) is 3.17. The predicted molar refractivity (Wildman–Crippen MR) is 103 cm³/mol. The molecule has 25 heavy (non-hydrogen) atoms. The molecule has 0 spiro atoms. The fourth-order valence-electron chi connectivity index (χ4n) is 3.39. The zero-order valence-electron chi connectivity index (χ0n) is 15.1. The molecule has 0 saturated carbocycles. The van der Waals surface area contributed by atoms with Crippen molar-refractivity contribution in [3.8, 4) is 0 Å². The van der Waals surface area contributed by atoms with Gasteiger partial charge in [-0.05, 0) is 55.8 Å². The lowest BCUT2D eigenvalue weighted by atomic mass is 10.0. The Morgan fingerprint density at radius 1 is 1.04 bits per heavy atom. The van der Waals surface area contributed by atoms with Crippen LogP contribution in [0.2, 0.25) is 0 Å². The van der Waals surface area contributed by atoms with Gasteiger partial charge in [-0.2, -0.15) is 0 Å². The van der Waals surface area contributed by atoms with E-state index >= 15 is 0 Å². The number of likely N-dealkylation sites (tertiary alicyclic amines) is 1. The molecule has 4 nitrogen and oxygen atoms in total. The molecule has 132 valence electrons. The van der Waals surface area contributed by atoms with E-state index in [0.717, 1.165) is 13.1 Å². The second-order valence-corrected chi connectivity index (χ2v) is 6.82. The first-order chi connectivity index (χ1) is 12.1. The first-order valence-electron chi connectivity index (χ1n) is 9.00. The van der Waals surface area contributed by atoms with Gasteiger partial charge in [0, 0.05) is 31.9 Å². The van der Waals surface area contributed by atoms with E-state index in [0.29, 0.717) is 12.1 Å². The zero-order chi connectivity index (χ0) is 17.6. The molecule has 1 aliphatic heterocycles. The van der Waals surface area contributed by atoms with Gasteiger partial charge in [0.15, 0.2) is 0 Å². The standard InChI is InChI=1S/C21H27N3O/c1-23(2)19-12-10-17(11-13-19)20(24-14-6-7-15-24)16-22-21(25)18-8-4-3-5-9-18/h3-5,8-13,20H,6-7,14-16H2,1-2H3,(H,22,25). The van der Waals surface area contributed by atoms with Crippen molar-refractivity contribution < 1.29 is 4.79 Å². The van der Waals surface area contributed by atoms with Gasteiger partial charge in [0.25, 0.3) is 5.91 Å². The highest BCUT2D eigenvalue weighted by Crippen LogP contribution is 2.26. The van der Waals surface area contributed by atoms with Crippen LogP contribution in [0.3, 0.4) is 0 Å². The van der Waals surface area contributed by atoms with E-state index in [4.69, 9.17) is 0 Å². The van der Waals surface area contributed by atoms with Crippen molar-refractivity contribution in [1.29, 1.82) is 0 Å². The number of nitrogens with zero attached hydrogens (tertiary/aromatic N) is 2. The quantitative estimate of drug-likeness (QED) is 0.878. The van der Waals surface area contributed by atoms with E-state index in [-0.39, 0.29) is 11.9 Å². The number of carbonyl (C=O) groups excluding carboxylic acids is 1. The van der Waals surface area contributed by atoms with Gasteiger partial charge >= 0.3 is 0 Å². The third-order valence-corrected chi connectivity index (χ3v) is 4.87. The summed E-state index contributed by atoms with van der Waals surface area (Å²) in [7, 11) is 4.10. The SMILES string of the molecule is CN(C)c1ccc(C(CNC(=O)c2ccccc2)N2CCCC2)cc1. The minimum absolute atomic E-state index is 0.00490. The van der Waals surface area contributed by atoms with Crippen LogP contribution in [0, 0.1) is 0 Å². The number of amides is 1. The Kier molecular flexibility index (Phi) is 5.71. The fourth-order valence-corrected chi connectivity index (χ4v) is 3.39. The summed E-state index contributed by atoms with van der Waals surface area (Å²) < 4.78 is 0. The van der Waals surface area contributed by atoms with Crippen molar-refractivity contribution in [1.82, 2.24) is 10.2 Å². The molecule has 2 aromatic carbocycles. The number of carbonyl (C=O) groups is 1. The zero-order valence-corrected chi connectivity index (χ0v) is 15.1. The fraction of sp³-hybridized carbons (Fsp3) is 0.381. The van der Waals surface area contributed by atoms with Crippen LogP contribution in [0.15, 0.2) is 54.6 Å². The Hall–Kier alpha value is -2.33. The molecule has 1 aliphatic rings. The van der Waals surface area contributed by atoms with Crippen molar-refractivity contribution in [2.75, 3.05) is 38.6 Å². The van der Waals surface area contributed by atoms with Crippen LogP contribution in [0.4, 0.5) is 5.69 Å². The highest BCUT2D eigenvalue weighted by molar-refractivity contribution is 5.94. The van der Waals surface area contributed by atoms with Gasteiger partial charge in [0.2, 0.25) is 0 Å². The molecule has 1 amide bonds. The van der Waals surface area contributed by atoms with Gasteiger partial charge in [-0.1, -0.05) is 30.3 Å². The molecule has 0 radical (unpaired) electrons. The molecule has 3 rings (SSSR count). The van der Waals surface area contributed by atoms with E-state index in [9.17, 15) is 4.79 Å². The molecule has 2 aromatic rings. The lowest BCUT2D eigenvalue weighted by molar-refractivity contribution is 0.0938. The van der Waals surface area contributed by atoms with E-state index in [1.807, 2.05) is 44.4 Å². The second-order valence-electron chi connectivity index (χ2n) is 6.82. The number of rotatable bonds is 6. The average molecular weight is 337 g/mol. The summed E-state index contributed by atoms with van der Waals surface area (Å²) in [6.07, 6.45) is 2.47. The number of nitrogens with one attached hydrogen (secondary N) is 1. The molecule has 1 N–H and O–H groups in total. The van der Waals surface area contributed by atoms with Crippen LogP contribution in [0.25, 0.3) is 0 Å². The third-order valence-electron chi connectivity index (χ3n) is 4.87. The van der Waals surface area contributed by atoms with Crippen molar-refractivity contribution in [3.05, 3.63) is 65.7 Å². The second kappa shape index (κ2) is 8.17. The Morgan fingerprint density at radius 3 is 2.28 bits per heavy atom. The molecule has 1 saturated heterocycles. The summed E-state index contributed by atoms with van der Waals surface area (Å²) >= 11 is 0. The van der Waals surface area contributed by atoms with Crippen LogP contribution in [0.1, 0.15) is 34.8 Å². The first kappa shape index (κ1) is 17.5. The van der Waals surface area contributed by atoms with E-state index < -0.39 is 0 Å². The summed E-state index contributed by atoms with van der Waals surface area (Å²) in [6, 6.07) is 18.3. The Labute approximate surface area is 150 Å². The van der Waals surface area contributed by atoms with Gasteiger partial charge in [-0.25, -0.2) is 0 Å². The van der Waals surface area contributed by atoms with Crippen LogP contribution < -0.4 is 10.2 Å². The molecule has 0 aliphatic carbocycles. The molecule has 0 bridgehead atoms. The molecule has 1 heterocycles. The highest BCUT2D eigenvalue weighted by Gasteiger charge is 2.24. The van der Waals surface area contributed by atoms with Crippen LogP contribution >= 0.6 is 0 Å². The van der Waals surface area contributed by atoms with Crippen LogP contribution in [-0.4, -0.2) is 44.5 Å². The lowest BCUT2D eigenvalue weighted by Gasteiger charge is -2.28. The molecule has 0 aromatic heterocycles. The largest absolute Gasteiger partial charge is 0.378 e. The Morgan fingerprint density at radius 2 is 1.68 bits per heavy atom. The summed E-state index contributed by atoms with van der Waals surface area (Å²) in [6.45, 7) is 2.83. The number of benzene rings is 2. The molecular formula is C21H27N3O. The normalized spacial score (nSPS) is 15.8. The van der Waals surface area contributed by atoms with Crippen LogP contribution in [0.5, 0.6) is 0 Å². The van der Waals surface area contributed by atoms with Crippen molar-refractivity contribution in [3.63, 3.8) is 0 Å². The van der Waals surface area contributed by atoms with E-state index in [1.165, 1.54) is 24.1 Å². The number of hydrogen-bond donors (Lipinski definition) is 1. The summed E-state index contributed by atoms with van der Waals surface area (Å²) in [5.41, 5.74) is 3.17. The topological polar surface area (TPSA) is 35.6 Å². The third kappa shape index (κ3) is 4.40. The number of anilines is 1. The molecular weight excluding hydrogens is 310 g/mol. The summed E-state index contributed by atoms with van der Waals surface area (Å²) in [5.74, 6) is -0.00490. The monoisotopic (exact) mass is 337 g/mol. The van der Waals surface area contributed by atoms with Crippen molar-refractivity contribution in [2.24, 2.45) is 0 Å². The van der Waals surface area contributed by atoms with Gasteiger partial charge in [0.1, 0.15) is 0 Å². The molecule has 1 atom stereocenters. The van der Waals surface area contributed by atoms with Gasteiger partial charge in [-0.15, -0.1) is 0 Å². The minimum atomic E-state index is -0.00490. The van der Waals surface area contributed by atoms with Gasteiger partial charge in [-0.3, -0.25) is 9.69 Å². The Bertz CT molecular complexity index is 676. The minimum Gasteiger partial charge on any atom is -0.378 e. The van der Waals surface area contributed by atoms with Gasteiger partial charge < -0.3 is 10.2 Å².